The number of piperidine rings is 1. The maximum Gasteiger partial charge on any atom is 0.142 e. The van der Waals surface area contributed by atoms with Crippen molar-refractivity contribution in [3.05, 3.63) is 95.9 Å². The number of ether oxygens (including phenoxy) is 4. The van der Waals surface area contributed by atoms with Gasteiger partial charge >= 0.3 is 0 Å². The molecule has 8 heteroatoms. The van der Waals surface area contributed by atoms with Crippen LogP contribution in [0.1, 0.15) is 35.4 Å². The first kappa shape index (κ1) is 28.3. The first-order valence-corrected chi connectivity index (χ1v) is 14.9. The summed E-state index contributed by atoms with van der Waals surface area (Å²) in [5, 5.41) is 3.53. The number of H-pyrrole nitrogens is 1. The van der Waals surface area contributed by atoms with Crippen molar-refractivity contribution in [2.24, 2.45) is 0 Å². The average Bonchev–Trinajstić information content (AvgIpc) is 3.59. The van der Waals surface area contributed by atoms with Crippen LogP contribution in [0.25, 0.3) is 11.3 Å². The Morgan fingerprint density at radius 2 is 1.93 bits per heavy atom. The largest absolute Gasteiger partial charge is 0.490 e. The highest BCUT2D eigenvalue weighted by Gasteiger charge is 2.27. The molecule has 0 unspecified atom stereocenters. The van der Waals surface area contributed by atoms with Crippen LogP contribution in [-0.4, -0.2) is 62.6 Å². The van der Waals surface area contributed by atoms with Crippen LogP contribution in [-0.2, 0) is 22.7 Å². The second kappa shape index (κ2) is 13.9. The molecule has 4 aromatic rings. The van der Waals surface area contributed by atoms with Crippen molar-refractivity contribution in [1.82, 2.24) is 15.3 Å². The number of nitrogens with one attached hydrogen (secondary N) is 2. The number of rotatable bonds is 12. The Kier molecular flexibility index (Phi) is 9.34. The lowest BCUT2D eigenvalue weighted by Gasteiger charge is -2.33. The molecule has 3 aromatic carbocycles. The molecular weight excluding hydrogens is 528 g/mol. The van der Waals surface area contributed by atoms with Gasteiger partial charge in [0.05, 0.1) is 43.2 Å². The Labute approximate surface area is 248 Å². The fourth-order valence-corrected chi connectivity index (χ4v) is 5.82. The molecule has 0 amide bonds. The van der Waals surface area contributed by atoms with Crippen molar-refractivity contribution in [1.29, 1.82) is 0 Å². The monoisotopic (exact) mass is 568 g/mol. The second-order valence-electron chi connectivity index (χ2n) is 11.0. The third kappa shape index (κ3) is 6.95. The Balaban J connectivity index is 1.06. The molecule has 1 fully saturated rings. The number of nitrogens with zero attached hydrogens (tertiary/aromatic N) is 2. The zero-order valence-electron chi connectivity index (χ0n) is 24.3. The van der Waals surface area contributed by atoms with E-state index in [2.05, 4.69) is 62.6 Å². The summed E-state index contributed by atoms with van der Waals surface area (Å²) in [5.74, 6) is 2.14. The molecule has 3 heterocycles. The fourth-order valence-electron chi connectivity index (χ4n) is 5.82. The predicted molar refractivity (Wildman–Crippen MR) is 164 cm³/mol. The number of hydrogen-bond donors (Lipinski definition) is 2. The number of aromatic amines is 1. The summed E-state index contributed by atoms with van der Waals surface area (Å²) < 4.78 is 23.9. The Morgan fingerprint density at radius 1 is 1.02 bits per heavy atom. The van der Waals surface area contributed by atoms with Gasteiger partial charge in [-0.25, -0.2) is 4.98 Å². The SMILES string of the molecule is COCCCN1CCOc2ccc(CO[C@H]3CNCC[C@@H]3c3ccc(COc4cccc(-c5cnc[nH]5)c4)cc3)cc21. The van der Waals surface area contributed by atoms with Crippen LogP contribution in [0, 0.1) is 0 Å². The summed E-state index contributed by atoms with van der Waals surface area (Å²) in [7, 11) is 1.75. The highest BCUT2D eigenvalue weighted by atomic mass is 16.5. The summed E-state index contributed by atoms with van der Waals surface area (Å²) in [6.07, 6.45) is 5.65. The number of anilines is 1. The van der Waals surface area contributed by atoms with Gasteiger partial charge in [-0.1, -0.05) is 42.5 Å². The fraction of sp³-hybridized carbons (Fsp3) is 0.382. The molecule has 2 atom stereocenters. The van der Waals surface area contributed by atoms with Gasteiger partial charge in [-0.15, -0.1) is 0 Å². The summed E-state index contributed by atoms with van der Waals surface area (Å²) in [5.41, 5.74) is 6.81. The molecule has 0 saturated carbocycles. The molecule has 0 aliphatic carbocycles. The minimum atomic E-state index is 0.108. The Bertz CT molecular complexity index is 1410. The smallest absolute Gasteiger partial charge is 0.142 e. The second-order valence-corrected chi connectivity index (χ2v) is 11.0. The lowest BCUT2D eigenvalue weighted by atomic mass is 9.87. The van der Waals surface area contributed by atoms with Gasteiger partial charge in [-0.3, -0.25) is 0 Å². The van der Waals surface area contributed by atoms with Crippen molar-refractivity contribution >= 4 is 5.69 Å². The van der Waals surface area contributed by atoms with Crippen molar-refractivity contribution in [2.45, 2.75) is 38.1 Å². The zero-order valence-corrected chi connectivity index (χ0v) is 24.3. The van der Waals surface area contributed by atoms with Crippen LogP contribution in [0.4, 0.5) is 5.69 Å². The number of fused-ring (bicyclic) bond motifs is 1. The topological polar surface area (TPSA) is 80.9 Å². The molecule has 0 radical (unpaired) electrons. The van der Waals surface area contributed by atoms with Crippen LogP contribution in [0.2, 0.25) is 0 Å². The maximum atomic E-state index is 6.56. The Morgan fingerprint density at radius 3 is 2.79 bits per heavy atom. The number of hydrogen-bond acceptors (Lipinski definition) is 7. The average molecular weight is 569 g/mol. The zero-order chi connectivity index (χ0) is 28.6. The van der Waals surface area contributed by atoms with Crippen LogP contribution in [0.3, 0.4) is 0 Å². The van der Waals surface area contributed by atoms with Gasteiger partial charge in [0.15, 0.2) is 0 Å². The maximum absolute atomic E-state index is 6.56. The van der Waals surface area contributed by atoms with Gasteiger partial charge < -0.3 is 34.1 Å². The van der Waals surface area contributed by atoms with E-state index in [0.717, 1.165) is 86.2 Å². The lowest BCUT2D eigenvalue weighted by molar-refractivity contribution is 0.0106. The summed E-state index contributed by atoms with van der Waals surface area (Å²) >= 11 is 0. The lowest BCUT2D eigenvalue weighted by Crippen LogP contribution is -2.41. The van der Waals surface area contributed by atoms with E-state index >= 15 is 0 Å². The number of imidazole rings is 1. The molecule has 2 aliphatic heterocycles. The molecule has 0 bridgehead atoms. The van der Waals surface area contributed by atoms with Crippen LogP contribution >= 0.6 is 0 Å². The van der Waals surface area contributed by atoms with E-state index in [0.29, 0.717) is 19.1 Å². The molecule has 1 saturated heterocycles. The molecular formula is C34H40N4O4. The molecule has 2 N–H and O–H groups in total. The molecule has 6 rings (SSSR count). The van der Waals surface area contributed by atoms with E-state index in [1.165, 1.54) is 11.1 Å². The number of aromatic nitrogens is 2. The first-order valence-electron chi connectivity index (χ1n) is 14.9. The summed E-state index contributed by atoms with van der Waals surface area (Å²) in [6, 6.07) is 23.3. The van der Waals surface area contributed by atoms with Crippen LogP contribution < -0.4 is 19.7 Å². The molecule has 220 valence electrons. The molecule has 1 aromatic heterocycles. The molecule has 42 heavy (non-hydrogen) atoms. The summed E-state index contributed by atoms with van der Waals surface area (Å²) in [4.78, 5) is 9.65. The van der Waals surface area contributed by atoms with Crippen molar-refractivity contribution in [3.8, 4) is 22.8 Å². The molecule has 0 spiro atoms. The van der Waals surface area contributed by atoms with E-state index in [1.807, 2.05) is 30.5 Å². The minimum absolute atomic E-state index is 0.108. The standard InChI is InChI=1S/C34H40N4O4/c1-39-16-3-14-38-15-17-40-33-11-8-26(18-32(33)38)23-42-34-21-35-13-12-30(34)27-9-6-25(7-10-27)22-41-29-5-2-4-28(19-29)31-20-36-24-37-31/h2,4-11,18-20,24,30,34-35H,3,12-17,21-23H2,1H3,(H,36,37)/t30-,34+/m1/s1. The Hall–Kier alpha value is -3.85. The van der Waals surface area contributed by atoms with E-state index in [9.17, 15) is 0 Å². The van der Waals surface area contributed by atoms with E-state index in [1.54, 1.807) is 13.4 Å². The molecule has 2 aliphatic rings. The van der Waals surface area contributed by atoms with Gasteiger partial charge in [-0.05, 0) is 60.3 Å². The van der Waals surface area contributed by atoms with Crippen molar-refractivity contribution in [2.75, 3.05) is 51.4 Å². The number of benzene rings is 3. The predicted octanol–water partition coefficient (Wildman–Crippen LogP) is 5.55. The first-order chi connectivity index (χ1) is 20.8. The van der Waals surface area contributed by atoms with Crippen molar-refractivity contribution in [3.63, 3.8) is 0 Å². The van der Waals surface area contributed by atoms with Crippen LogP contribution in [0.5, 0.6) is 11.5 Å². The third-order valence-corrected chi connectivity index (χ3v) is 8.11. The highest BCUT2D eigenvalue weighted by molar-refractivity contribution is 5.61. The minimum Gasteiger partial charge on any atom is -0.490 e. The van der Waals surface area contributed by atoms with Gasteiger partial charge in [-0.2, -0.15) is 0 Å². The summed E-state index contributed by atoms with van der Waals surface area (Å²) in [6.45, 7) is 6.27. The normalized spacial score (nSPS) is 18.4. The quantitative estimate of drug-likeness (QED) is 0.217. The van der Waals surface area contributed by atoms with Gasteiger partial charge in [0, 0.05) is 38.3 Å². The van der Waals surface area contributed by atoms with Gasteiger partial charge in [0.25, 0.3) is 0 Å². The third-order valence-electron chi connectivity index (χ3n) is 8.11. The van der Waals surface area contributed by atoms with E-state index in [4.69, 9.17) is 18.9 Å². The van der Waals surface area contributed by atoms with Crippen molar-refractivity contribution < 1.29 is 18.9 Å². The van der Waals surface area contributed by atoms with Gasteiger partial charge in [0.2, 0.25) is 0 Å². The highest BCUT2D eigenvalue weighted by Crippen LogP contribution is 2.34. The van der Waals surface area contributed by atoms with Gasteiger partial charge in [0.1, 0.15) is 24.7 Å². The molecule has 8 nitrogen and oxygen atoms in total. The van der Waals surface area contributed by atoms with Crippen LogP contribution in [0.15, 0.2) is 79.3 Å². The number of methoxy groups -OCH3 is 1. The van der Waals surface area contributed by atoms with E-state index in [-0.39, 0.29) is 6.10 Å². The van der Waals surface area contributed by atoms with E-state index < -0.39 is 0 Å².